The molecule has 1 aromatic carbocycles. The van der Waals surface area contributed by atoms with Crippen LogP contribution in [0.4, 0.5) is 8.78 Å². The van der Waals surface area contributed by atoms with Crippen LogP contribution in [0.2, 0.25) is 0 Å². The topological polar surface area (TPSA) is 41.5 Å². The summed E-state index contributed by atoms with van der Waals surface area (Å²) in [5.74, 6) is -1.42. The SMILES string of the molecule is OC(CNC1CC2CCC1O2)c1c(F)cccc1F. The first-order valence-electron chi connectivity index (χ1n) is 6.66. The van der Waals surface area contributed by atoms with Crippen molar-refractivity contribution in [3.63, 3.8) is 0 Å². The molecule has 2 N–H and O–H groups in total. The van der Waals surface area contributed by atoms with Crippen LogP contribution in [0.1, 0.15) is 30.9 Å². The molecule has 2 heterocycles. The molecule has 0 aliphatic carbocycles. The van der Waals surface area contributed by atoms with Crippen LogP contribution in [0.5, 0.6) is 0 Å². The van der Waals surface area contributed by atoms with Gasteiger partial charge in [-0.25, -0.2) is 8.78 Å². The molecule has 5 heteroatoms. The predicted octanol–water partition coefficient (Wildman–Crippen LogP) is 1.91. The van der Waals surface area contributed by atoms with Crippen molar-refractivity contribution in [2.75, 3.05) is 6.54 Å². The number of aliphatic hydroxyl groups is 1. The number of hydrogen-bond acceptors (Lipinski definition) is 3. The molecule has 4 unspecified atom stereocenters. The molecule has 4 atom stereocenters. The summed E-state index contributed by atoms with van der Waals surface area (Å²) in [4.78, 5) is 0. The molecule has 2 saturated heterocycles. The summed E-state index contributed by atoms with van der Waals surface area (Å²) in [6, 6.07) is 3.78. The van der Waals surface area contributed by atoms with Crippen molar-refractivity contribution >= 4 is 0 Å². The van der Waals surface area contributed by atoms with Gasteiger partial charge in [0.15, 0.2) is 0 Å². The highest BCUT2D eigenvalue weighted by molar-refractivity contribution is 5.22. The Morgan fingerprint density at radius 2 is 2.05 bits per heavy atom. The highest BCUT2D eigenvalue weighted by Gasteiger charge is 2.40. The van der Waals surface area contributed by atoms with E-state index in [9.17, 15) is 13.9 Å². The molecule has 104 valence electrons. The molecule has 19 heavy (non-hydrogen) atoms. The fraction of sp³-hybridized carbons (Fsp3) is 0.571. The lowest BCUT2D eigenvalue weighted by atomic mass is 9.95. The number of rotatable bonds is 4. The lowest BCUT2D eigenvalue weighted by molar-refractivity contribution is 0.0938. The minimum absolute atomic E-state index is 0.134. The normalized spacial score (nSPS) is 30.8. The Bertz CT molecular complexity index is 449. The largest absolute Gasteiger partial charge is 0.387 e. The first kappa shape index (κ1) is 13.0. The van der Waals surface area contributed by atoms with E-state index in [1.807, 2.05) is 0 Å². The van der Waals surface area contributed by atoms with Crippen LogP contribution in [0.25, 0.3) is 0 Å². The molecule has 0 spiro atoms. The highest BCUT2D eigenvalue weighted by Crippen LogP contribution is 2.34. The number of ether oxygens (including phenoxy) is 1. The molecule has 3 rings (SSSR count). The molecule has 3 nitrogen and oxygen atoms in total. The van der Waals surface area contributed by atoms with Crippen molar-refractivity contribution in [2.24, 2.45) is 0 Å². The summed E-state index contributed by atoms with van der Waals surface area (Å²) < 4.78 is 32.7. The van der Waals surface area contributed by atoms with Gasteiger partial charge in [0.2, 0.25) is 0 Å². The number of halogens is 2. The summed E-state index contributed by atoms with van der Waals surface area (Å²) >= 11 is 0. The van der Waals surface area contributed by atoms with Crippen LogP contribution < -0.4 is 5.32 Å². The van der Waals surface area contributed by atoms with Crippen molar-refractivity contribution in [1.29, 1.82) is 0 Å². The van der Waals surface area contributed by atoms with Gasteiger partial charge in [-0.3, -0.25) is 0 Å². The first-order valence-corrected chi connectivity index (χ1v) is 6.66. The molecule has 0 radical (unpaired) electrons. The number of benzene rings is 1. The number of nitrogens with one attached hydrogen (secondary N) is 1. The molecule has 0 saturated carbocycles. The molecule has 2 aliphatic heterocycles. The Morgan fingerprint density at radius 1 is 1.32 bits per heavy atom. The number of aliphatic hydroxyl groups excluding tert-OH is 1. The smallest absolute Gasteiger partial charge is 0.131 e. The predicted molar refractivity (Wildman–Crippen MR) is 65.6 cm³/mol. The molecule has 2 aliphatic rings. The number of hydrogen-bond donors (Lipinski definition) is 2. The average Bonchev–Trinajstić information content (AvgIpc) is 2.98. The van der Waals surface area contributed by atoms with Crippen LogP contribution in [-0.2, 0) is 4.74 Å². The highest BCUT2D eigenvalue weighted by atomic mass is 19.1. The van der Waals surface area contributed by atoms with Crippen LogP contribution in [0.3, 0.4) is 0 Å². The van der Waals surface area contributed by atoms with Gasteiger partial charge >= 0.3 is 0 Å². The van der Waals surface area contributed by atoms with Crippen LogP contribution in [0.15, 0.2) is 18.2 Å². The van der Waals surface area contributed by atoms with Gasteiger partial charge in [-0.1, -0.05) is 6.07 Å². The van der Waals surface area contributed by atoms with E-state index in [1.54, 1.807) is 0 Å². The second-order valence-corrected chi connectivity index (χ2v) is 5.28. The zero-order valence-electron chi connectivity index (χ0n) is 10.5. The van der Waals surface area contributed by atoms with Crippen molar-refractivity contribution in [1.82, 2.24) is 5.32 Å². The molecule has 1 aromatic rings. The van der Waals surface area contributed by atoms with Gasteiger partial charge in [-0.15, -0.1) is 0 Å². The average molecular weight is 269 g/mol. The Morgan fingerprint density at radius 3 is 2.63 bits per heavy atom. The molecule has 0 amide bonds. The summed E-state index contributed by atoms with van der Waals surface area (Å²) in [7, 11) is 0. The van der Waals surface area contributed by atoms with Gasteiger partial charge in [-0.05, 0) is 31.4 Å². The zero-order valence-corrected chi connectivity index (χ0v) is 10.5. The maximum Gasteiger partial charge on any atom is 0.131 e. The second kappa shape index (κ2) is 5.15. The zero-order chi connectivity index (χ0) is 13.4. The monoisotopic (exact) mass is 269 g/mol. The maximum absolute atomic E-state index is 13.5. The van der Waals surface area contributed by atoms with E-state index >= 15 is 0 Å². The Hall–Kier alpha value is -1.04. The first-order chi connectivity index (χ1) is 9.15. The van der Waals surface area contributed by atoms with E-state index in [4.69, 9.17) is 4.74 Å². The fourth-order valence-corrected chi connectivity index (χ4v) is 3.05. The van der Waals surface area contributed by atoms with Crippen LogP contribution in [-0.4, -0.2) is 29.9 Å². The molecule has 2 fully saturated rings. The van der Waals surface area contributed by atoms with Gasteiger partial charge in [0.25, 0.3) is 0 Å². The Balaban J connectivity index is 1.61. The lowest BCUT2D eigenvalue weighted by Gasteiger charge is -2.22. The van der Waals surface area contributed by atoms with E-state index in [0.717, 1.165) is 31.4 Å². The third kappa shape index (κ3) is 2.50. The van der Waals surface area contributed by atoms with Gasteiger partial charge < -0.3 is 15.2 Å². The van der Waals surface area contributed by atoms with Gasteiger partial charge in [0.1, 0.15) is 11.6 Å². The third-order valence-electron chi connectivity index (χ3n) is 4.01. The second-order valence-electron chi connectivity index (χ2n) is 5.28. The summed E-state index contributed by atoms with van der Waals surface area (Å²) in [6.45, 7) is 0.134. The van der Waals surface area contributed by atoms with Gasteiger partial charge in [0.05, 0.1) is 23.9 Å². The van der Waals surface area contributed by atoms with E-state index in [1.165, 1.54) is 6.07 Å². The third-order valence-corrected chi connectivity index (χ3v) is 4.01. The Labute approximate surface area is 110 Å². The van der Waals surface area contributed by atoms with E-state index in [-0.39, 0.29) is 24.3 Å². The Kier molecular flexibility index (Phi) is 3.52. The van der Waals surface area contributed by atoms with E-state index in [2.05, 4.69) is 5.32 Å². The molecule has 2 bridgehead atoms. The van der Waals surface area contributed by atoms with Crippen molar-refractivity contribution in [3.05, 3.63) is 35.4 Å². The van der Waals surface area contributed by atoms with E-state index in [0.29, 0.717) is 6.10 Å². The lowest BCUT2D eigenvalue weighted by Crippen LogP contribution is -2.39. The van der Waals surface area contributed by atoms with Crippen molar-refractivity contribution < 1.29 is 18.6 Å². The van der Waals surface area contributed by atoms with Gasteiger partial charge in [-0.2, -0.15) is 0 Å². The summed E-state index contributed by atoms with van der Waals surface area (Å²) in [5, 5.41) is 13.1. The fourth-order valence-electron chi connectivity index (χ4n) is 3.05. The molecule has 0 aromatic heterocycles. The van der Waals surface area contributed by atoms with Crippen molar-refractivity contribution in [3.8, 4) is 0 Å². The minimum Gasteiger partial charge on any atom is -0.387 e. The quantitative estimate of drug-likeness (QED) is 0.877. The number of fused-ring (bicyclic) bond motifs is 2. The van der Waals surface area contributed by atoms with Crippen molar-refractivity contribution in [2.45, 2.75) is 43.6 Å². The summed E-state index contributed by atoms with van der Waals surface area (Å²) in [6.07, 6.45) is 2.34. The van der Waals surface area contributed by atoms with Gasteiger partial charge in [0, 0.05) is 12.6 Å². The molecular weight excluding hydrogens is 252 g/mol. The summed E-state index contributed by atoms with van der Waals surface area (Å²) in [5.41, 5.74) is -0.265. The van der Waals surface area contributed by atoms with E-state index < -0.39 is 17.7 Å². The van der Waals surface area contributed by atoms with Crippen LogP contribution >= 0.6 is 0 Å². The minimum atomic E-state index is -1.18. The standard InChI is InChI=1S/C14H17F2NO2/c15-9-2-1-3-10(16)14(9)12(18)7-17-11-6-8-4-5-13(11)19-8/h1-3,8,11-13,17-18H,4-7H2. The van der Waals surface area contributed by atoms with Crippen LogP contribution in [0, 0.1) is 11.6 Å². The maximum atomic E-state index is 13.5. The molecular formula is C14H17F2NO2.